The molecule has 1 saturated heterocycles. The third-order valence-electron chi connectivity index (χ3n) is 4.53. The summed E-state index contributed by atoms with van der Waals surface area (Å²) >= 11 is 0. The first-order valence-corrected chi connectivity index (χ1v) is 8.91. The summed E-state index contributed by atoms with van der Waals surface area (Å²) in [5.41, 5.74) is 1.79. The molecule has 1 aliphatic heterocycles. The summed E-state index contributed by atoms with van der Waals surface area (Å²) < 4.78 is 11.6. The second-order valence-electron chi connectivity index (χ2n) is 6.33. The number of hydrogen-bond acceptors (Lipinski definition) is 6. The van der Waals surface area contributed by atoms with Crippen molar-refractivity contribution in [3.8, 4) is 0 Å². The first-order valence-electron chi connectivity index (χ1n) is 8.91. The number of ether oxygens (including phenoxy) is 1. The number of aromatic nitrogens is 4. The maximum atomic E-state index is 5.84. The van der Waals surface area contributed by atoms with Gasteiger partial charge in [0.25, 0.3) is 0 Å². The van der Waals surface area contributed by atoms with Crippen LogP contribution in [-0.2, 0) is 17.6 Å². The Morgan fingerprint density at radius 1 is 1.28 bits per heavy atom. The Bertz CT molecular complexity index is 795. The van der Waals surface area contributed by atoms with Gasteiger partial charge in [-0.15, -0.1) is 0 Å². The van der Waals surface area contributed by atoms with Gasteiger partial charge in [0.15, 0.2) is 17.3 Å². The number of para-hydroxylation sites is 2. The third kappa shape index (κ3) is 3.72. The maximum Gasteiger partial charge on any atom is 0.195 e. The number of aromatic amines is 1. The molecule has 3 aromatic rings. The molecule has 0 saturated carbocycles. The van der Waals surface area contributed by atoms with Gasteiger partial charge in [0, 0.05) is 25.9 Å². The average Bonchev–Trinajstić information content (AvgIpc) is 3.28. The maximum absolute atomic E-state index is 5.84. The number of morpholine rings is 1. The highest BCUT2D eigenvalue weighted by molar-refractivity contribution is 5.72. The molecule has 132 valence electrons. The van der Waals surface area contributed by atoms with E-state index < -0.39 is 0 Å². The van der Waals surface area contributed by atoms with Crippen LogP contribution >= 0.6 is 0 Å². The van der Waals surface area contributed by atoms with Crippen molar-refractivity contribution in [2.75, 3.05) is 26.2 Å². The van der Waals surface area contributed by atoms with Crippen LogP contribution in [0.3, 0.4) is 0 Å². The summed E-state index contributed by atoms with van der Waals surface area (Å²) in [6, 6.07) is 7.89. The fourth-order valence-electron chi connectivity index (χ4n) is 3.15. The monoisotopic (exact) mass is 341 g/mol. The normalized spacial score (nSPS) is 18.8. The third-order valence-corrected chi connectivity index (χ3v) is 4.53. The molecule has 1 aromatic carbocycles. The van der Waals surface area contributed by atoms with Gasteiger partial charge < -0.3 is 9.15 Å². The van der Waals surface area contributed by atoms with Crippen molar-refractivity contribution in [3.05, 3.63) is 41.8 Å². The van der Waals surface area contributed by atoms with Crippen molar-refractivity contribution in [1.29, 1.82) is 0 Å². The van der Waals surface area contributed by atoms with Crippen molar-refractivity contribution >= 4 is 11.1 Å². The van der Waals surface area contributed by atoms with E-state index in [1.807, 2.05) is 24.3 Å². The van der Waals surface area contributed by atoms with Crippen molar-refractivity contribution in [2.24, 2.45) is 0 Å². The molecule has 1 aliphatic rings. The number of nitrogens with zero attached hydrogens (tertiary/aromatic N) is 4. The first kappa shape index (κ1) is 16.2. The van der Waals surface area contributed by atoms with Crippen molar-refractivity contribution in [1.82, 2.24) is 25.1 Å². The lowest BCUT2D eigenvalue weighted by Crippen LogP contribution is -2.39. The van der Waals surface area contributed by atoms with Crippen LogP contribution in [0.5, 0.6) is 0 Å². The molecule has 0 amide bonds. The van der Waals surface area contributed by atoms with Crippen LogP contribution in [0.1, 0.15) is 37.0 Å². The van der Waals surface area contributed by atoms with Crippen LogP contribution < -0.4 is 0 Å². The molecule has 0 aliphatic carbocycles. The smallest absolute Gasteiger partial charge is 0.195 e. The van der Waals surface area contributed by atoms with E-state index in [1.165, 1.54) is 0 Å². The second-order valence-corrected chi connectivity index (χ2v) is 6.33. The number of aryl methyl sites for hydroxylation is 2. The summed E-state index contributed by atoms with van der Waals surface area (Å²) in [6.07, 6.45) is 2.66. The van der Waals surface area contributed by atoms with Gasteiger partial charge in [-0.2, -0.15) is 5.10 Å². The minimum absolute atomic E-state index is 0.0466. The molecule has 2 aromatic heterocycles. The van der Waals surface area contributed by atoms with Gasteiger partial charge in [0.2, 0.25) is 0 Å². The fraction of sp³-hybridized carbons (Fsp3) is 0.500. The Morgan fingerprint density at radius 3 is 3.04 bits per heavy atom. The molecule has 1 atom stereocenters. The van der Waals surface area contributed by atoms with E-state index in [4.69, 9.17) is 9.15 Å². The van der Waals surface area contributed by atoms with Crippen LogP contribution in [0.25, 0.3) is 11.1 Å². The van der Waals surface area contributed by atoms with Crippen molar-refractivity contribution in [2.45, 2.75) is 32.3 Å². The van der Waals surface area contributed by atoms with E-state index in [1.54, 1.807) is 0 Å². The van der Waals surface area contributed by atoms with Gasteiger partial charge in [-0.1, -0.05) is 19.1 Å². The highest BCUT2D eigenvalue weighted by atomic mass is 16.5. The van der Waals surface area contributed by atoms with Crippen molar-refractivity contribution < 1.29 is 9.15 Å². The van der Waals surface area contributed by atoms with Gasteiger partial charge in [-0.3, -0.25) is 10.00 Å². The zero-order chi connectivity index (χ0) is 17.1. The molecule has 0 radical (unpaired) electrons. The molecule has 7 nitrogen and oxygen atoms in total. The summed E-state index contributed by atoms with van der Waals surface area (Å²) in [5.74, 6) is 2.49. The molecular weight excluding hydrogens is 318 g/mol. The Hall–Kier alpha value is -2.25. The number of hydrogen-bond donors (Lipinski definition) is 1. The van der Waals surface area contributed by atoms with Gasteiger partial charge in [0.1, 0.15) is 17.4 Å². The number of nitrogens with one attached hydrogen (secondary N) is 1. The van der Waals surface area contributed by atoms with Crippen LogP contribution in [0.15, 0.2) is 28.7 Å². The lowest BCUT2D eigenvalue weighted by Gasteiger charge is -2.31. The molecule has 1 unspecified atom stereocenters. The van der Waals surface area contributed by atoms with E-state index >= 15 is 0 Å². The summed E-state index contributed by atoms with van der Waals surface area (Å²) in [4.78, 5) is 11.4. The molecule has 3 heterocycles. The average molecular weight is 341 g/mol. The highest BCUT2D eigenvalue weighted by Crippen LogP contribution is 2.20. The van der Waals surface area contributed by atoms with Gasteiger partial charge in [-0.25, -0.2) is 9.97 Å². The minimum atomic E-state index is -0.0466. The topological polar surface area (TPSA) is 80.1 Å². The zero-order valence-corrected chi connectivity index (χ0v) is 14.4. The van der Waals surface area contributed by atoms with E-state index in [-0.39, 0.29) is 6.10 Å². The number of fused-ring (bicyclic) bond motifs is 1. The van der Waals surface area contributed by atoms with Gasteiger partial charge >= 0.3 is 0 Å². The molecule has 0 spiro atoms. The fourth-order valence-corrected chi connectivity index (χ4v) is 3.15. The molecule has 0 bridgehead atoms. The number of oxazole rings is 1. The van der Waals surface area contributed by atoms with E-state index in [0.29, 0.717) is 6.61 Å². The molecule has 1 N–H and O–H groups in total. The van der Waals surface area contributed by atoms with Crippen molar-refractivity contribution in [3.63, 3.8) is 0 Å². The zero-order valence-electron chi connectivity index (χ0n) is 14.4. The Kier molecular flexibility index (Phi) is 4.76. The lowest BCUT2D eigenvalue weighted by atomic mass is 10.2. The Balaban J connectivity index is 1.30. The van der Waals surface area contributed by atoms with Gasteiger partial charge in [-0.05, 0) is 25.1 Å². The Labute approximate surface area is 146 Å². The SMILES string of the molecule is CCc1nc(C2CN(CCCc3nc4ccccc4o3)CCO2)n[nH]1. The molecule has 25 heavy (non-hydrogen) atoms. The summed E-state index contributed by atoms with van der Waals surface area (Å²) in [6.45, 7) is 5.53. The van der Waals surface area contributed by atoms with Crippen LogP contribution in [0.4, 0.5) is 0 Å². The van der Waals surface area contributed by atoms with E-state index in [2.05, 4.69) is 32.0 Å². The van der Waals surface area contributed by atoms with E-state index in [0.717, 1.165) is 67.5 Å². The van der Waals surface area contributed by atoms with Crippen LogP contribution in [0, 0.1) is 0 Å². The minimum Gasteiger partial charge on any atom is -0.441 e. The number of rotatable bonds is 6. The summed E-state index contributed by atoms with van der Waals surface area (Å²) in [5, 5.41) is 7.25. The van der Waals surface area contributed by atoms with Crippen LogP contribution in [0.2, 0.25) is 0 Å². The van der Waals surface area contributed by atoms with Crippen LogP contribution in [-0.4, -0.2) is 51.3 Å². The largest absolute Gasteiger partial charge is 0.441 e. The predicted molar refractivity (Wildman–Crippen MR) is 93.2 cm³/mol. The van der Waals surface area contributed by atoms with E-state index in [9.17, 15) is 0 Å². The standard InChI is InChI=1S/C18H23N5O2/c1-2-16-20-18(22-21-16)15-12-23(10-11-24-15)9-5-8-17-19-13-6-3-4-7-14(13)25-17/h3-4,6-7,15H,2,5,8-12H2,1H3,(H,20,21,22). The highest BCUT2D eigenvalue weighted by Gasteiger charge is 2.25. The summed E-state index contributed by atoms with van der Waals surface area (Å²) in [7, 11) is 0. The predicted octanol–water partition coefficient (Wildman–Crippen LogP) is 2.51. The molecular formula is C18H23N5O2. The molecule has 1 fully saturated rings. The number of H-pyrrole nitrogens is 1. The van der Waals surface area contributed by atoms with Gasteiger partial charge in [0.05, 0.1) is 6.61 Å². The quantitative estimate of drug-likeness (QED) is 0.742. The molecule has 4 rings (SSSR count). The Morgan fingerprint density at radius 2 is 2.20 bits per heavy atom. The lowest BCUT2D eigenvalue weighted by molar-refractivity contribution is -0.0344. The number of benzene rings is 1. The first-order chi connectivity index (χ1) is 12.3. The molecule has 7 heteroatoms. The second kappa shape index (κ2) is 7.33.